The highest BCUT2D eigenvalue weighted by molar-refractivity contribution is 8.90. The molecule has 1 aliphatic carbocycles. The van der Waals surface area contributed by atoms with Gasteiger partial charge in [0.25, 0.3) is 0 Å². The third-order valence-electron chi connectivity index (χ3n) is 2.91. The molecule has 0 spiro atoms. The Morgan fingerprint density at radius 1 is 1.12 bits per heavy atom. The lowest BCUT2D eigenvalue weighted by molar-refractivity contribution is -0.133. The first-order valence-electron chi connectivity index (χ1n) is 4.89. The first-order valence-corrected chi connectivity index (χ1v) is 10.2. The third kappa shape index (κ3) is 1.96. The Hall–Kier alpha value is 0.1000. The maximum atomic E-state index is 12.1. The number of fused-ring (bicyclic) bond motifs is 1. The Morgan fingerprint density at radius 3 is 1.81 bits per heavy atom. The number of carbonyl (C=O) groups is 2. The molecule has 0 saturated carbocycles. The largest absolute Gasteiger partial charge is 0.273 e. The Balaban J connectivity index is 2.39. The van der Waals surface area contributed by atoms with Crippen molar-refractivity contribution in [3.63, 3.8) is 0 Å². The van der Waals surface area contributed by atoms with Crippen molar-refractivity contribution in [3.05, 3.63) is 12.2 Å². The molecule has 0 aromatic heterocycles. The van der Waals surface area contributed by atoms with Crippen molar-refractivity contribution in [2.75, 3.05) is 6.26 Å². The Morgan fingerprint density at radius 2 is 1.50 bits per heavy atom. The predicted octanol–water partition coefficient (Wildman–Crippen LogP) is 3.02. The van der Waals surface area contributed by atoms with E-state index in [2.05, 4.69) is 0 Å². The second-order valence-electron chi connectivity index (χ2n) is 4.27. The molecule has 1 fully saturated rings. The zero-order chi connectivity index (χ0) is 12.2. The number of carbonyl (C=O) groups excluding carboxylic acids is 2. The van der Waals surface area contributed by atoms with Gasteiger partial charge in [-0.25, -0.2) is 4.31 Å². The van der Waals surface area contributed by atoms with Crippen LogP contribution in [0.25, 0.3) is 0 Å². The van der Waals surface area contributed by atoms with Gasteiger partial charge < -0.3 is 0 Å². The average molecular weight is 305 g/mol. The quantitative estimate of drug-likeness (QED) is 0.459. The van der Waals surface area contributed by atoms with Gasteiger partial charge in [0.2, 0.25) is 11.8 Å². The monoisotopic (exact) mass is 303 g/mol. The minimum Gasteiger partial charge on any atom is -0.273 e. The van der Waals surface area contributed by atoms with E-state index < -0.39 is 6.99 Å². The molecule has 0 aromatic carbocycles. The average Bonchev–Trinajstić information content (AvgIpc) is 2.38. The Labute approximate surface area is 108 Å². The highest BCUT2D eigenvalue weighted by Crippen LogP contribution is 2.83. The summed E-state index contributed by atoms with van der Waals surface area (Å²) in [5.41, 5.74) is 0. The molecule has 2 aliphatic rings. The van der Waals surface area contributed by atoms with Crippen LogP contribution in [0.1, 0.15) is 12.8 Å². The van der Waals surface area contributed by atoms with E-state index in [1.54, 1.807) is 0 Å². The molecule has 2 amide bonds. The fourth-order valence-electron chi connectivity index (χ4n) is 2.20. The fraction of sp³-hybridized carbons (Fsp3) is 0.556. The molecule has 3 nitrogen and oxygen atoms in total. The van der Waals surface area contributed by atoms with Gasteiger partial charge in [0, 0.05) is 6.26 Å². The lowest BCUT2D eigenvalue weighted by Crippen LogP contribution is -2.33. The summed E-state index contributed by atoms with van der Waals surface area (Å²) in [6, 6.07) is 0. The number of allylic oxidation sites excluding steroid dienone is 2. The fourth-order valence-corrected chi connectivity index (χ4v) is 4.68. The van der Waals surface area contributed by atoms with E-state index in [-0.39, 0.29) is 23.7 Å². The minimum atomic E-state index is -3.88. The van der Waals surface area contributed by atoms with Crippen LogP contribution in [0.4, 0.5) is 0 Å². The minimum absolute atomic E-state index is 0.334. The zero-order valence-electron chi connectivity index (χ0n) is 8.57. The molecule has 0 radical (unpaired) electrons. The van der Waals surface area contributed by atoms with Crippen LogP contribution in [0.2, 0.25) is 0 Å². The number of hydrogen-bond acceptors (Lipinski definition) is 2. The maximum Gasteiger partial charge on any atom is 0.243 e. The molecule has 1 heterocycles. The molecule has 1 saturated heterocycles. The first-order chi connectivity index (χ1) is 7.18. The van der Waals surface area contributed by atoms with Crippen molar-refractivity contribution >= 4 is 50.8 Å². The van der Waals surface area contributed by atoms with E-state index in [1.165, 1.54) is 6.26 Å². The molecular weight excluding hydrogens is 293 g/mol. The van der Waals surface area contributed by atoms with E-state index in [4.69, 9.17) is 32.0 Å². The highest BCUT2D eigenvalue weighted by atomic mass is 36.2. The number of halogens is 3. The lowest BCUT2D eigenvalue weighted by atomic mass is 9.85. The van der Waals surface area contributed by atoms with Crippen molar-refractivity contribution in [2.45, 2.75) is 12.8 Å². The summed E-state index contributed by atoms with van der Waals surface area (Å²) in [5.74, 6) is -1.34. The number of nitrogens with zero attached hydrogens (tertiary/aromatic N) is 1. The molecular formula is C9H12Cl3NO2S. The number of amides is 2. The molecule has 7 heteroatoms. The smallest absolute Gasteiger partial charge is 0.243 e. The van der Waals surface area contributed by atoms with Crippen molar-refractivity contribution in [2.24, 2.45) is 11.8 Å². The summed E-state index contributed by atoms with van der Waals surface area (Å²) < 4.78 is 0.901. The summed E-state index contributed by atoms with van der Waals surface area (Å²) >= 11 is 0. The van der Waals surface area contributed by atoms with Gasteiger partial charge in [-0.15, -0.1) is 0 Å². The van der Waals surface area contributed by atoms with Gasteiger partial charge in [-0.3, -0.25) is 9.59 Å². The Kier molecular flexibility index (Phi) is 2.78. The van der Waals surface area contributed by atoms with E-state index in [9.17, 15) is 9.59 Å². The molecule has 1 aliphatic heterocycles. The predicted molar refractivity (Wildman–Crippen MR) is 69.7 cm³/mol. The van der Waals surface area contributed by atoms with Crippen LogP contribution in [0, 0.1) is 11.8 Å². The van der Waals surface area contributed by atoms with E-state index >= 15 is 0 Å². The maximum absolute atomic E-state index is 12.1. The van der Waals surface area contributed by atoms with Gasteiger partial charge in [0.15, 0.2) is 0 Å². The van der Waals surface area contributed by atoms with Crippen molar-refractivity contribution in [1.29, 1.82) is 0 Å². The first kappa shape index (κ1) is 12.6. The van der Waals surface area contributed by atoms with Crippen molar-refractivity contribution < 1.29 is 9.59 Å². The second-order valence-corrected chi connectivity index (χ2v) is 15.9. The summed E-state index contributed by atoms with van der Waals surface area (Å²) in [5, 5.41) is 0. The van der Waals surface area contributed by atoms with Gasteiger partial charge >= 0.3 is 0 Å². The van der Waals surface area contributed by atoms with Gasteiger partial charge in [0.05, 0.1) is 11.8 Å². The summed E-state index contributed by atoms with van der Waals surface area (Å²) in [6.07, 6.45) is 6.27. The van der Waals surface area contributed by atoms with E-state index in [1.807, 2.05) is 12.2 Å². The standard InChI is InChI=1S/C9H12Cl3NO2S/c1-16(10,11,12)13-8(14)6-4-2-3-5-7(6)9(13)15/h2-3,6-7,16H,4-5H2,1H3. The third-order valence-corrected chi connectivity index (χ3v) is 5.52. The molecule has 2 rings (SSSR count). The highest BCUT2D eigenvalue weighted by Gasteiger charge is 2.55. The number of imide groups is 1. The van der Waals surface area contributed by atoms with Crippen LogP contribution in [0.3, 0.4) is 0 Å². The second kappa shape index (κ2) is 3.55. The topological polar surface area (TPSA) is 37.4 Å². The van der Waals surface area contributed by atoms with Crippen LogP contribution in [-0.4, -0.2) is 22.4 Å². The van der Waals surface area contributed by atoms with Crippen molar-refractivity contribution in [3.8, 4) is 0 Å². The zero-order valence-corrected chi connectivity index (χ0v) is 11.7. The van der Waals surface area contributed by atoms with Crippen LogP contribution in [0.5, 0.6) is 0 Å². The molecule has 16 heavy (non-hydrogen) atoms. The van der Waals surface area contributed by atoms with E-state index in [0.29, 0.717) is 12.8 Å². The van der Waals surface area contributed by atoms with Gasteiger partial charge in [-0.1, -0.05) is 12.2 Å². The summed E-state index contributed by atoms with van der Waals surface area (Å²) in [4.78, 5) is 24.1. The molecule has 2 unspecified atom stereocenters. The number of thiol groups is 1. The molecule has 0 bridgehead atoms. The number of hydrogen-bond donors (Lipinski definition) is 1. The molecule has 2 atom stereocenters. The lowest BCUT2D eigenvalue weighted by Gasteiger charge is -2.46. The van der Waals surface area contributed by atoms with Crippen molar-refractivity contribution in [1.82, 2.24) is 4.31 Å². The summed E-state index contributed by atoms with van der Waals surface area (Å²) in [7, 11) is 17.9. The van der Waals surface area contributed by atoms with Gasteiger partial charge in [-0.05, 0) is 51.9 Å². The van der Waals surface area contributed by atoms with Gasteiger partial charge in [-0.2, -0.15) is 0 Å². The SMILES string of the molecule is C[SH](Cl)(Cl)(Cl)N1C(=O)C2CC=CCC2C1=O. The van der Waals surface area contributed by atoms with Crippen LogP contribution in [-0.2, 0) is 9.59 Å². The molecule has 92 valence electrons. The molecule has 0 N–H and O–H groups in total. The Bertz CT molecular complexity index is 366. The number of rotatable bonds is 1. The molecule has 0 aromatic rings. The van der Waals surface area contributed by atoms with Crippen LogP contribution in [0.15, 0.2) is 12.2 Å². The normalized spacial score (nSPS) is 32.5. The summed E-state index contributed by atoms with van der Waals surface area (Å²) in [6.45, 7) is -3.88. The van der Waals surface area contributed by atoms with Crippen LogP contribution < -0.4 is 0 Å². The van der Waals surface area contributed by atoms with Gasteiger partial charge in [0.1, 0.15) is 0 Å². The van der Waals surface area contributed by atoms with E-state index in [0.717, 1.165) is 4.31 Å². The van der Waals surface area contributed by atoms with Crippen LogP contribution >= 0.6 is 39.0 Å².